The molecule has 0 amide bonds. The quantitative estimate of drug-likeness (QED) is 0.847. The number of nitrogens with one attached hydrogen (secondary N) is 1. The minimum absolute atomic E-state index is 0.0109. The molecule has 2 atom stereocenters. The van der Waals surface area contributed by atoms with Crippen molar-refractivity contribution in [3.63, 3.8) is 0 Å². The molecule has 1 aromatic rings. The van der Waals surface area contributed by atoms with Crippen molar-refractivity contribution in [3.05, 3.63) is 35.6 Å². The lowest BCUT2D eigenvalue weighted by Gasteiger charge is -2.22. The molecule has 0 radical (unpaired) electrons. The molecule has 0 fully saturated rings. The Bertz CT molecular complexity index is 549. The molecule has 2 unspecified atom stereocenters. The number of aliphatic hydroxyl groups excluding tert-OH is 1. The summed E-state index contributed by atoms with van der Waals surface area (Å²) in [6.07, 6.45) is -0.489. The third-order valence-corrected chi connectivity index (χ3v) is 4.64. The normalized spacial score (nSPS) is 15.7. The van der Waals surface area contributed by atoms with Gasteiger partial charge in [-0.1, -0.05) is 32.9 Å². The van der Waals surface area contributed by atoms with Gasteiger partial charge in [-0.2, -0.15) is 0 Å². The Morgan fingerprint density at radius 2 is 1.76 bits per heavy atom. The monoisotopic (exact) mass is 317 g/mol. The highest BCUT2D eigenvalue weighted by Gasteiger charge is 2.23. The standard InChI is InChI=1S/C15H24FNO3S/c1-11(14(18)12-5-7-13(16)8-6-12)17-21(19,20)10-9-15(2,3)4/h5-8,11,14,17-18H,9-10H2,1-4H3. The maximum absolute atomic E-state index is 12.8. The molecule has 0 spiro atoms. The first-order valence-corrected chi connectivity index (χ1v) is 8.59. The van der Waals surface area contributed by atoms with Crippen molar-refractivity contribution in [1.82, 2.24) is 4.72 Å². The van der Waals surface area contributed by atoms with Crippen molar-refractivity contribution in [1.29, 1.82) is 0 Å². The molecule has 0 saturated carbocycles. The van der Waals surface area contributed by atoms with Crippen LogP contribution in [-0.2, 0) is 10.0 Å². The molecule has 0 aromatic heterocycles. The van der Waals surface area contributed by atoms with E-state index in [4.69, 9.17) is 0 Å². The summed E-state index contributed by atoms with van der Waals surface area (Å²) in [5.74, 6) is -0.388. The summed E-state index contributed by atoms with van der Waals surface area (Å²) in [4.78, 5) is 0. The largest absolute Gasteiger partial charge is 0.387 e. The van der Waals surface area contributed by atoms with Crippen molar-refractivity contribution in [2.75, 3.05) is 5.75 Å². The van der Waals surface area contributed by atoms with Crippen LogP contribution in [0.3, 0.4) is 0 Å². The molecule has 6 heteroatoms. The molecule has 0 aliphatic rings. The van der Waals surface area contributed by atoms with Crippen LogP contribution in [0.15, 0.2) is 24.3 Å². The number of halogens is 1. The van der Waals surface area contributed by atoms with Crippen LogP contribution in [0, 0.1) is 11.2 Å². The fourth-order valence-corrected chi connectivity index (χ4v) is 3.49. The van der Waals surface area contributed by atoms with Gasteiger partial charge in [-0.05, 0) is 36.5 Å². The summed E-state index contributed by atoms with van der Waals surface area (Å²) in [7, 11) is -3.46. The maximum Gasteiger partial charge on any atom is 0.211 e. The van der Waals surface area contributed by atoms with Gasteiger partial charge in [0.2, 0.25) is 10.0 Å². The third kappa shape index (κ3) is 6.54. The van der Waals surface area contributed by atoms with Crippen LogP contribution in [0.5, 0.6) is 0 Å². The smallest absolute Gasteiger partial charge is 0.211 e. The lowest BCUT2D eigenvalue weighted by Crippen LogP contribution is -2.39. The molecule has 0 aliphatic carbocycles. The van der Waals surface area contributed by atoms with E-state index in [9.17, 15) is 17.9 Å². The topological polar surface area (TPSA) is 66.4 Å². The van der Waals surface area contributed by atoms with E-state index < -0.39 is 28.0 Å². The fourth-order valence-electron chi connectivity index (χ4n) is 1.80. The molecule has 0 bridgehead atoms. The number of hydrogen-bond acceptors (Lipinski definition) is 3. The molecule has 0 saturated heterocycles. The van der Waals surface area contributed by atoms with Crippen molar-refractivity contribution in [3.8, 4) is 0 Å². The Hall–Kier alpha value is -0.980. The summed E-state index contributed by atoms with van der Waals surface area (Å²) >= 11 is 0. The zero-order valence-electron chi connectivity index (χ0n) is 12.9. The predicted octanol–water partition coefficient (Wildman–Crippen LogP) is 2.60. The molecule has 0 aliphatic heterocycles. The zero-order valence-corrected chi connectivity index (χ0v) is 13.7. The van der Waals surface area contributed by atoms with Gasteiger partial charge in [0.05, 0.1) is 11.9 Å². The van der Waals surface area contributed by atoms with Gasteiger partial charge >= 0.3 is 0 Å². The second kappa shape index (κ2) is 6.85. The van der Waals surface area contributed by atoms with E-state index in [1.54, 1.807) is 6.92 Å². The van der Waals surface area contributed by atoms with Crippen LogP contribution in [0.2, 0.25) is 0 Å². The molecule has 1 aromatic carbocycles. The van der Waals surface area contributed by atoms with Crippen LogP contribution in [0.1, 0.15) is 45.8 Å². The van der Waals surface area contributed by atoms with Crippen LogP contribution in [0.4, 0.5) is 4.39 Å². The van der Waals surface area contributed by atoms with E-state index in [1.165, 1.54) is 24.3 Å². The Kier molecular flexibility index (Phi) is 5.90. The summed E-state index contributed by atoms with van der Waals surface area (Å²) < 4.78 is 39.3. The fraction of sp³-hybridized carbons (Fsp3) is 0.600. The predicted molar refractivity (Wildman–Crippen MR) is 81.8 cm³/mol. The first-order valence-electron chi connectivity index (χ1n) is 6.94. The summed E-state index contributed by atoms with van der Waals surface area (Å²) in [5, 5.41) is 10.1. The highest BCUT2D eigenvalue weighted by molar-refractivity contribution is 7.89. The maximum atomic E-state index is 12.8. The van der Waals surface area contributed by atoms with Gasteiger partial charge in [-0.3, -0.25) is 0 Å². The molecule has 120 valence electrons. The second-order valence-corrected chi connectivity index (χ2v) is 8.41. The molecule has 0 heterocycles. The first kappa shape index (κ1) is 18.1. The number of hydrogen-bond donors (Lipinski definition) is 2. The summed E-state index contributed by atoms with van der Waals surface area (Å²) in [6.45, 7) is 7.50. The number of benzene rings is 1. The van der Waals surface area contributed by atoms with Gasteiger partial charge in [0.25, 0.3) is 0 Å². The van der Waals surface area contributed by atoms with E-state index in [1.807, 2.05) is 20.8 Å². The zero-order chi connectivity index (χ0) is 16.3. The lowest BCUT2D eigenvalue weighted by atomic mass is 9.94. The van der Waals surface area contributed by atoms with Gasteiger partial charge in [0.15, 0.2) is 0 Å². The Morgan fingerprint density at radius 1 is 1.24 bits per heavy atom. The van der Waals surface area contributed by atoms with Gasteiger partial charge in [-0.15, -0.1) is 0 Å². The van der Waals surface area contributed by atoms with E-state index in [-0.39, 0.29) is 11.2 Å². The SMILES string of the molecule is CC(NS(=O)(=O)CCC(C)(C)C)C(O)c1ccc(F)cc1. The molecule has 1 rings (SSSR count). The Morgan fingerprint density at radius 3 is 2.24 bits per heavy atom. The lowest BCUT2D eigenvalue weighted by molar-refractivity contribution is 0.146. The average Bonchev–Trinajstić information content (AvgIpc) is 2.35. The van der Waals surface area contributed by atoms with Crippen molar-refractivity contribution < 1.29 is 17.9 Å². The van der Waals surface area contributed by atoms with Gasteiger partial charge in [0, 0.05) is 6.04 Å². The van der Waals surface area contributed by atoms with Crippen LogP contribution in [-0.4, -0.2) is 25.3 Å². The van der Waals surface area contributed by atoms with Crippen LogP contribution >= 0.6 is 0 Å². The van der Waals surface area contributed by atoms with E-state index in [0.29, 0.717) is 12.0 Å². The number of aliphatic hydroxyl groups is 1. The van der Waals surface area contributed by atoms with Gasteiger partial charge in [0.1, 0.15) is 5.82 Å². The van der Waals surface area contributed by atoms with Crippen molar-refractivity contribution in [2.24, 2.45) is 5.41 Å². The molecule has 21 heavy (non-hydrogen) atoms. The Labute approximate surface area is 126 Å². The van der Waals surface area contributed by atoms with E-state index in [2.05, 4.69) is 4.72 Å². The van der Waals surface area contributed by atoms with Gasteiger partial charge < -0.3 is 5.11 Å². The molecule has 2 N–H and O–H groups in total. The van der Waals surface area contributed by atoms with Crippen molar-refractivity contribution >= 4 is 10.0 Å². The highest BCUT2D eigenvalue weighted by Crippen LogP contribution is 2.21. The third-order valence-electron chi connectivity index (χ3n) is 3.17. The minimum Gasteiger partial charge on any atom is -0.387 e. The summed E-state index contributed by atoms with van der Waals surface area (Å²) in [5.41, 5.74) is 0.399. The Balaban J connectivity index is 2.66. The minimum atomic E-state index is -3.46. The first-order chi connectivity index (χ1) is 9.50. The van der Waals surface area contributed by atoms with Crippen LogP contribution in [0.25, 0.3) is 0 Å². The number of sulfonamides is 1. The molecular formula is C15H24FNO3S. The summed E-state index contributed by atoms with van der Waals surface area (Å²) in [6, 6.07) is 4.68. The van der Waals surface area contributed by atoms with Crippen molar-refractivity contribution in [2.45, 2.75) is 46.3 Å². The number of rotatable bonds is 6. The average molecular weight is 317 g/mol. The molecule has 4 nitrogen and oxygen atoms in total. The van der Waals surface area contributed by atoms with Gasteiger partial charge in [-0.25, -0.2) is 17.5 Å². The highest BCUT2D eigenvalue weighted by atomic mass is 32.2. The van der Waals surface area contributed by atoms with E-state index in [0.717, 1.165) is 0 Å². The van der Waals surface area contributed by atoms with E-state index >= 15 is 0 Å². The van der Waals surface area contributed by atoms with Crippen LogP contribution < -0.4 is 4.72 Å². The second-order valence-electron chi connectivity index (χ2n) is 6.53. The molecular weight excluding hydrogens is 293 g/mol.